The Morgan fingerprint density at radius 2 is 1.88 bits per heavy atom. The van der Waals surface area contributed by atoms with Crippen LogP contribution in [0, 0.1) is 0 Å². The Hall–Kier alpha value is -3.15. The maximum Gasteiger partial charge on any atom is 0.242 e. The van der Waals surface area contributed by atoms with Gasteiger partial charge in [-0.15, -0.1) is 0 Å². The van der Waals surface area contributed by atoms with E-state index in [1.54, 1.807) is 4.90 Å². The summed E-state index contributed by atoms with van der Waals surface area (Å²) in [7, 11) is 1.86. The quantitative estimate of drug-likeness (QED) is 0.531. The summed E-state index contributed by atoms with van der Waals surface area (Å²) in [5.41, 5.74) is 3.99. The predicted molar refractivity (Wildman–Crippen MR) is 128 cm³/mol. The average Bonchev–Trinajstić information content (AvgIpc) is 3.38. The third-order valence-corrected chi connectivity index (χ3v) is 6.40. The van der Waals surface area contributed by atoms with Gasteiger partial charge in [-0.25, -0.2) is 4.98 Å². The first-order valence-corrected chi connectivity index (χ1v) is 11.6. The fourth-order valence-electron chi connectivity index (χ4n) is 4.39. The summed E-state index contributed by atoms with van der Waals surface area (Å²) in [4.78, 5) is 34.4. The van der Waals surface area contributed by atoms with Crippen molar-refractivity contribution in [1.82, 2.24) is 14.5 Å². The van der Waals surface area contributed by atoms with E-state index in [1.807, 2.05) is 52.9 Å². The molecule has 1 aromatic heterocycles. The molecule has 1 aliphatic rings. The van der Waals surface area contributed by atoms with Crippen LogP contribution in [0.2, 0.25) is 0 Å². The van der Waals surface area contributed by atoms with Crippen LogP contribution in [-0.4, -0.2) is 46.4 Å². The van der Waals surface area contributed by atoms with Crippen LogP contribution in [0.25, 0.3) is 11.0 Å². The number of aromatic nitrogens is 2. The molecule has 0 radical (unpaired) electrons. The Labute approximate surface area is 189 Å². The lowest BCUT2D eigenvalue weighted by molar-refractivity contribution is -0.130. The Bertz CT molecular complexity index is 1100. The summed E-state index contributed by atoms with van der Waals surface area (Å²) in [6.45, 7) is 5.82. The molecule has 3 aromatic rings. The van der Waals surface area contributed by atoms with E-state index in [4.69, 9.17) is 4.98 Å². The second-order valence-electron chi connectivity index (χ2n) is 8.64. The van der Waals surface area contributed by atoms with Crippen molar-refractivity contribution >= 4 is 28.5 Å². The molecule has 0 bridgehead atoms. The normalized spacial score (nSPS) is 16.2. The minimum atomic E-state index is -0.0468. The van der Waals surface area contributed by atoms with Crippen molar-refractivity contribution in [3.05, 3.63) is 59.9 Å². The molecule has 168 valence electrons. The zero-order valence-electron chi connectivity index (χ0n) is 19.3. The number of nitrogens with zero attached hydrogens (tertiary/aromatic N) is 4. The Balaban J connectivity index is 1.61. The van der Waals surface area contributed by atoms with Crippen LogP contribution in [0.4, 0.5) is 5.69 Å². The molecule has 1 atom stereocenters. The molecule has 0 saturated carbocycles. The fraction of sp³-hybridized carbons (Fsp3) is 0.423. The van der Waals surface area contributed by atoms with Gasteiger partial charge in [0.2, 0.25) is 11.8 Å². The monoisotopic (exact) mass is 432 g/mol. The first kappa shape index (κ1) is 22.1. The smallest absolute Gasteiger partial charge is 0.242 e. The van der Waals surface area contributed by atoms with Gasteiger partial charge in [-0.3, -0.25) is 9.59 Å². The largest absolute Gasteiger partial charge is 0.344 e. The van der Waals surface area contributed by atoms with Crippen molar-refractivity contribution in [2.75, 3.05) is 25.0 Å². The second kappa shape index (κ2) is 9.55. The Kier molecular flexibility index (Phi) is 6.58. The predicted octanol–water partition coefficient (Wildman–Crippen LogP) is 4.38. The molecule has 4 rings (SSSR count). The van der Waals surface area contributed by atoms with Crippen molar-refractivity contribution in [2.45, 2.75) is 52.0 Å². The number of aryl methyl sites for hydroxylation is 1. The van der Waals surface area contributed by atoms with Crippen molar-refractivity contribution in [3.63, 3.8) is 0 Å². The van der Waals surface area contributed by atoms with E-state index < -0.39 is 0 Å². The van der Waals surface area contributed by atoms with Crippen molar-refractivity contribution in [3.8, 4) is 0 Å². The van der Waals surface area contributed by atoms with Crippen LogP contribution in [0.15, 0.2) is 48.5 Å². The van der Waals surface area contributed by atoms with Gasteiger partial charge in [0.25, 0.3) is 0 Å². The van der Waals surface area contributed by atoms with E-state index in [0.717, 1.165) is 48.4 Å². The van der Waals surface area contributed by atoms with E-state index >= 15 is 0 Å². The molecule has 0 spiro atoms. The number of benzene rings is 2. The number of fused-ring (bicyclic) bond motifs is 1. The summed E-state index contributed by atoms with van der Waals surface area (Å²) in [5.74, 6) is 0.947. The highest BCUT2D eigenvalue weighted by Gasteiger charge is 2.35. The van der Waals surface area contributed by atoms with Crippen LogP contribution in [0.5, 0.6) is 0 Å². The van der Waals surface area contributed by atoms with E-state index in [2.05, 4.69) is 26.0 Å². The molecule has 1 aliphatic heterocycles. The van der Waals surface area contributed by atoms with Crippen molar-refractivity contribution in [1.29, 1.82) is 0 Å². The molecular weight excluding hydrogens is 400 g/mol. The minimum absolute atomic E-state index is 0.0468. The molecule has 32 heavy (non-hydrogen) atoms. The maximum absolute atomic E-state index is 12.9. The molecule has 2 aromatic carbocycles. The van der Waals surface area contributed by atoms with Gasteiger partial charge < -0.3 is 14.4 Å². The number of carbonyl (C=O) groups excluding carboxylic acids is 2. The van der Waals surface area contributed by atoms with Crippen LogP contribution in [0.3, 0.4) is 0 Å². The third kappa shape index (κ3) is 4.40. The lowest BCUT2D eigenvalue weighted by atomic mass is 10.1. The number of anilines is 1. The summed E-state index contributed by atoms with van der Waals surface area (Å²) in [6.07, 6.45) is 3.42. The molecule has 2 heterocycles. The van der Waals surface area contributed by atoms with E-state index in [1.165, 1.54) is 5.56 Å². The molecule has 6 nitrogen and oxygen atoms in total. The number of rotatable bonds is 8. The number of unbranched alkanes of at least 4 members (excludes halogenated alkanes) is 1. The lowest BCUT2D eigenvalue weighted by Crippen LogP contribution is -2.32. The van der Waals surface area contributed by atoms with Gasteiger partial charge in [0.1, 0.15) is 12.4 Å². The van der Waals surface area contributed by atoms with Gasteiger partial charge in [-0.1, -0.05) is 44.5 Å². The standard InChI is InChI=1S/C26H32N4O2/c1-4-6-15-28(3)25(32)18-30-23-10-8-7-9-22(23)27-26(30)20-16-24(31)29(17-20)21-13-11-19(5-2)12-14-21/h7-14,20H,4-6,15-18H2,1-3H3/t20-/m1/s1. The zero-order chi connectivity index (χ0) is 22.7. The number of para-hydroxylation sites is 2. The van der Waals surface area contributed by atoms with Crippen LogP contribution in [0.1, 0.15) is 50.4 Å². The molecule has 0 unspecified atom stereocenters. The van der Waals surface area contributed by atoms with Gasteiger partial charge in [-0.2, -0.15) is 0 Å². The van der Waals surface area contributed by atoms with Gasteiger partial charge in [0.05, 0.1) is 11.0 Å². The Morgan fingerprint density at radius 3 is 2.59 bits per heavy atom. The van der Waals surface area contributed by atoms with Crippen molar-refractivity contribution < 1.29 is 9.59 Å². The van der Waals surface area contributed by atoms with E-state index in [-0.39, 0.29) is 24.3 Å². The van der Waals surface area contributed by atoms with Crippen LogP contribution >= 0.6 is 0 Å². The molecule has 1 saturated heterocycles. The van der Waals surface area contributed by atoms with E-state index in [0.29, 0.717) is 13.0 Å². The number of hydrogen-bond acceptors (Lipinski definition) is 3. The molecule has 0 N–H and O–H groups in total. The Morgan fingerprint density at radius 1 is 1.12 bits per heavy atom. The average molecular weight is 433 g/mol. The topological polar surface area (TPSA) is 58.4 Å². The lowest BCUT2D eigenvalue weighted by Gasteiger charge is -2.20. The number of likely N-dealkylation sites (N-methyl/N-ethyl adjacent to an activating group) is 1. The highest BCUT2D eigenvalue weighted by Crippen LogP contribution is 2.33. The molecule has 0 aliphatic carbocycles. The summed E-state index contributed by atoms with van der Waals surface area (Å²) >= 11 is 0. The van der Waals surface area contributed by atoms with E-state index in [9.17, 15) is 9.59 Å². The minimum Gasteiger partial charge on any atom is -0.344 e. The fourth-order valence-corrected chi connectivity index (χ4v) is 4.39. The van der Waals surface area contributed by atoms with Gasteiger partial charge in [0.15, 0.2) is 0 Å². The van der Waals surface area contributed by atoms with Gasteiger partial charge >= 0.3 is 0 Å². The summed E-state index contributed by atoms with van der Waals surface area (Å²) < 4.78 is 2.02. The first-order valence-electron chi connectivity index (χ1n) is 11.6. The number of amides is 2. The third-order valence-electron chi connectivity index (χ3n) is 6.40. The SMILES string of the molecule is CCCCN(C)C(=O)Cn1c([C@@H]2CC(=O)N(c3ccc(CC)cc3)C2)nc2ccccc21. The van der Waals surface area contributed by atoms with Gasteiger partial charge in [-0.05, 0) is 42.7 Å². The van der Waals surface area contributed by atoms with Gasteiger partial charge in [0, 0.05) is 38.2 Å². The highest BCUT2D eigenvalue weighted by atomic mass is 16.2. The second-order valence-corrected chi connectivity index (χ2v) is 8.64. The highest BCUT2D eigenvalue weighted by molar-refractivity contribution is 5.96. The van der Waals surface area contributed by atoms with Crippen LogP contribution < -0.4 is 4.90 Å². The first-order chi connectivity index (χ1) is 15.5. The number of hydrogen-bond donors (Lipinski definition) is 0. The molecule has 1 fully saturated rings. The molecule has 6 heteroatoms. The molecular formula is C26H32N4O2. The van der Waals surface area contributed by atoms with Crippen LogP contribution in [-0.2, 0) is 22.6 Å². The van der Waals surface area contributed by atoms with Crippen molar-refractivity contribution in [2.24, 2.45) is 0 Å². The number of imidazole rings is 1. The zero-order valence-corrected chi connectivity index (χ0v) is 19.3. The number of carbonyl (C=O) groups is 2. The molecule has 2 amide bonds. The summed E-state index contributed by atoms with van der Waals surface area (Å²) in [6, 6.07) is 16.1. The summed E-state index contributed by atoms with van der Waals surface area (Å²) in [5, 5.41) is 0. The maximum atomic E-state index is 12.9.